The Kier molecular flexibility index (Phi) is 5.95. The molecule has 0 spiro atoms. The van der Waals surface area contributed by atoms with Crippen molar-refractivity contribution in [2.75, 3.05) is 32.8 Å². The van der Waals surface area contributed by atoms with Crippen LogP contribution < -0.4 is 0 Å². The Balaban J connectivity index is 1.34. The summed E-state index contributed by atoms with van der Waals surface area (Å²) >= 11 is 0. The summed E-state index contributed by atoms with van der Waals surface area (Å²) in [5.41, 5.74) is 0. The molecule has 1 aliphatic carbocycles. The van der Waals surface area contributed by atoms with Crippen molar-refractivity contribution in [2.45, 2.75) is 63.5 Å². The van der Waals surface area contributed by atoms with Crippen LogP contribution in [0, 0.1) is 5.92 Å². The molecule has 5 heteroatoms. The normalized spacial score (nSPS) is 25.8. The van der Waals surface area contributed by atoms with E-state index in [-0.39, 0.29) is 12.0 Å². The van der Waals surface area contributed by atoms with Gasteiger partial charge in [-0.05, 0) is 69.7 Å². The summed E-state index contributed by atoms with van der Waals surface area (Å²) in [6, 6.07) is 4.38. The van der Waals surface area contributed by atoms with Gasteiger partial charge < -0.3 is 19.0 Å². The molecule has 1 unspecified atom stereocenters. The molecule has 4 rings (SSSR count). The summed E-state index contributed by atoms with van der Waals surface area (Å²) in [4.78, 5) is 17.6. The van der Waals surface area contributed by atoms with Gasteiger partial charge in [0.25, 0.3) is 5.91 Å². The van der Waals surface area contributed by atoms with Crippen molar-refractivity contribution < 1.29 is 13.9 Å². The summed E-state index contributed by atoms with van der Waals surface area (Å²) in [7, 11) is 0. The van der Waals surface area contributed by atoms with Crippen LogP contribution in [0.25, 0.3) is 0 Å². The molecule has 3 aliphatic rings. The highest BCUT2D eigenvalue weighted by atomic mass is 16.5. The fourth-order valence-electron chi connectivity index (χ4n) is 4.91. The highest BCUT2D eigenvalue weighted by Gasteiger charge is 2.31. The molecule has 1 aromatic heterocycles. The van der Waals surface area contributed by atoms with Crippen LogP contribution in [-0.2, 0) is 4.74 Å². The lowest BCUT2D eigenvalue weighted by Gasteiger charge is -2.38. The monoisotopic (exact) mass is 360 g/mol. The molecule has 0 N–H and O–H groups in total. The highest BCUT2D eigenvalue weighted by molar-refractivity contribution is 5.91. The van der Waals surface area contributed by atoms with Gasteiger partial charge in [-0.1, -0.05) is 12.8 Å². The first kappa shape index (κ1) is 18.1. The zero-order valence-corrected chi connectivity index (χ0v) is 15.8. The van der Waals surface area contributed by atoms with Crippen LogP contribution in [-0.4, -0.2) is 60.6 Å². The second-order valence-corrected chi connectivity index (χ2v) is 8.24. The number of rotatable bonds is 6. The van der Waals surface area contributed by atoms with E-state index in [1.165, 1.54) is 51.6 Å². The van der Waals surface area contributed by atoms with Crippen LogP contribution in [0.2, 0.25) is 0 Å². The molecule has 1 aromatic rings. The Hall–Kier alpha value is -1.33. The molecule has 1 saturated carbocycles. The molecule has 0 bridgehead atoms. The lowest BCUT2D eigenvalue weighted by Crippen LogP contribution is -2.45. The number of hydrogen-bond donors (Lipinski definition) is 0. The van der Waals surface area contributed by atoms with Crippen molar-refractivity contribution in [2.24, 2.45) is 5.92 Å². The Morgan fingerprint density at radius 1 is 1.08 bits per heavy atom. The first-order chi connectivity index (χ1) is 12.8. The van der Waals surface area contributed by atoms with Crippen LogP contribution in [0.15, 0.2) is 22.8 Å². The molecule has 1 atom stereocenters. The molecule has 144 valence electrons. The molecule has 2 saturated heterocycles. The van der Waals surface area contributed by atoms with Gasteiger partial charge in [-0.25, -0.2) is 0 Å². The molecule has 3 heterocycles. The number of piperidine rings is 1. The number of carbonyl (C=O) groups excluding carboxylic acids is 1. The lowest BCUT2D eigenvalue weighted by molar-refractivity contribution is 0.0408. The van der Waals surface area contributed by atoms with Crippen molar-refractivity contribution in [3.63, 3.8) is 0 Å². The summed E-state index contributed by atoms with van der Waals surface area (Å²) in [6.07, 6.45) is 11.9. The number of likely N-dealkylation sites (tertiary alicyclic amines) is 1. The SMILES string of the molecule is O=C(c1ccco1)N(CC1CCN(C2CCCC2)CC1)CC1CCCO1. The van der Waals surface area contributed by atoms with Crippen molar-refractivity contribution in [3.05, 3.63) is 24.2 Å². The largest absolute Gasteiger partial charge is 0.459 e. The third-order valence-corrected chi connectivity index (χ3v) is 6.44. The lowest BCUT2D eigenvalue weighted by atomic mass is 9.94. The van der Waals surface area contributed by atoms with Gasteiger partial charge in [0, 0.05) is 25.7 Å². The fraction of sp³-hybridized carbons (Fsp3) is 0.762. The van der Waals surface area contributed by atoms with E-state index in [0.29, 0.717) is 18.2 Å². The number of furan rings is 1. The van der Waals surface area contributed by atoms with Crippen LogP contribution in [0.4, 0.5) is 0 Å². The standard InChI is InChI=1S/C21H32N2O3/c24-21(20-8-4-14-26-20)23(16-19-7-3-13-25-19)15-17-9-11-22(12-10-17)18-5-1-2-6-18/h4,8,14,17-19H,1-3,5-7,9-13,15-16H2. The smallest absolute Gasteiger partial charge is 0.289 e. The minimum Gasteiger partial charge on any atom is -0.459 e. The Morgan fingerprint density at radius 3 is 2.54 bits per heavy atom. The molecule has 26 heavy (non-hydrogen) atoms. The molecule has 0 aromatic carbocycles. The second kappa shape index (κ2) is 8.57. The van der Waals surface area contributed by atoms with Crippen LogP contribution in [0.5, 0.6) is 0 Å². The Morgan fingerprint density at radius 2 is 1.88 bits per heavy atom. The van der Waals surface area contributed by atoms with E-state index in [9.17, 15) is 4.79 Å². The maximum absolute atomic E-state index is 12.9. The fourth-order valence-corrected chi connectivity index (χ4v) is 4.91. The van der Waals surface area contributed by atoms with Crippen molar-refractivity contribution in [3.8, 4) is 0 Å². The average Bonchev–Trinajstić information content (AvgIpc) is 3.44. The number of hydrogen-bond acceptors (Lipinski definition) is 4. The minimum atomic E-state index is 0.0173. The molecule has 3 fully saturated rings. The predicted molar refractivity (Wildman–Crippen MR) is 100 cm³/mol. The van der Waals surface area contributed by atoms with Gasteiger partial charge in [0.05, 0.1) is 12.4 Å². The third kappa shape index (κ3) is 4.32. The zero-order valence-electron chi connectivity index (χ0n) is 15.8. The third-order valence-electron chi connectivity index (χ3n) is 6.44. The van der Waals surface area contributed by atoms with E-state index in [2.05, 4.69) is 4.90 Å². The van der Waals surface area contributed by atoms with E-state index < -0.39 is 0 Å². The Bertz CT molecular complexity index is 554. The molecule has 5 nitrogen and oxygen atoms in total. The van der Waals surface area contributed by atoms with E-state index >= 15 is 0 Å². The maximum Gasteiger partial charge on any atom is 0.289 e. The molecule has 2 aliphatic heterocycles. The van der Waals surface area contributed by atoms with Crippen molar-refractivity contribution >= 4 is 5.91 Å². The van der Waals surface area contributed by atoms with Crippen LogP contribution in [0.1, 0.15) is 61.9 Å². The summed E-state index contributed by atoms with van der Waals surface area (Å²) in [5.74, 6) is 1.06. The van der Waals surface area contributed by atoms with Gasteiger partial charge in [0.1, 0.15) is 0 Å². The predicted octanol–water partition coefficient (Wildman–Crippen LogP) is 3.56. The van der Waals surface area contributed by atoms with Gasteiger partial charge in [-0.15, -0.1) is 0 Å². The molecule has 0 radical (unpaired) electrons. The molecular weight excluding hydrogens is 328 g/mol. The minimum absolute atomic E-state index is 0.0173. The van der Waals surface area contributed by atoms with Gasteiger partial charge in [-0.2, -0.15) is 0 Å². The quantitative estimate of drug-likeness (QED) is 0.778. The summed E-state index contributed by atoms with van der Waals surface area (Å²) < 4.78 is 11.2. The van der Waals surface area contributed by atoms with E-state index in [0.717, 1.165) is 32.0 Å². The van der Waals surface area contributed by atoms with Gasteiger partial charge in [0.15, 0.2) is 5.76 Å². The number of amides is 1. The molecular formula is C21H32N2O3. The zero-order chi connectivity index (χ0) is 17.8. The first-order valence-electron chi connectivity index (χ1n) is 10.5. The molecule has 1 amide bonds. The first-order valence-corrected chi connectivity index (χ1v) is 10.5. The number of nitrogens with zero attached hydrogens (tertiary/aromatic N) is 2. The second-order valence-electron chi connectivity index (χ2n) is 8.24. The van der Waals surface area contributed by atoms with Gasteiger partial charge >= 0.3 is 0 Å². The Labute approximate surface area is 156 Å². The van der Waals surface area contributed by atoms with Gasteiger partial charge in [0.2, 0.25) is 0 Å². The summed E-state index contributed by atoms with van der Waals surface area (Å²) in [5, 5.41) is 0. The highest BCUT2D eigenvalue weighted by Crippen LogP contribution is 2.28. The maximum atomic E-state index is 12.9. The van der Waals surface area contributed by atoms with Crippen molar-refractivity contribution in [1.82, 2.24) is 9.80 Å². The van der Waals surface area contributed by atoms with E-state index in [1.54, 1.807) is 18.4 Å². The van der Waals surface area contributed by atoms with Gasteiger partial charge in [-0.3, -0.25) is 4.79 Å². The van der Waals surface area contributed by atoms with Crippen LogP contribution in [0.3, 0.4) is 0 Å². The van der Waals surface area contributed by atoms with E-state index in [4.69, 9.17) is 9.15 Å². The summed E-state index contributed by atoms with van der Waals surface area (Å²) in [6.45, 7) is 4.74. The average molecular weight is 360 g/mol. The number of ether oxygens (including phenoxy) is 1. The topological polar surface area (TPSA) is 45.9 Å². The van der Waals surface area contributed by atoms with E-state index in [1.807, 2.05) is 4.90 Å². The van der Waals surface area contributed by atoms with Crippen molar-refractivity contribution in [1.29, 1.82) is 0 Å². The van der Waals surface area contributed by atoms with Crippen LogP contribution >= 0.6 is 0 Å². The number of carbonyl (C=O) groups is 1.